The van der Waals surface area contributed by atoms with E-state index in [4.69, 9.17) is 11.6 Å². The predicted octanol–water partition coefficient (Wildman–Crippen LogP) is 4.78. The highest BCUT2D eigenvalue weighted by atomic mass is 79.9. The minimum atomic E-state index is -0.610. The maximum Gasteiger partial charge on any atom is 0.197 e. The molecule has 1 nitrogen and oxygen atoms in total. The van der Waals surface area contributed by atoms with Crippen molar-refractivity contribution in [3.8, 4) is 0 Å². The molecule has 0 spiro atoms. The Morgan fingerprint density at radius 3 is 2.56 bits per heavy atom. The standard InChI is InChI=1S/C14H9BrClFO/c1-8-2-5-12(15)11(6-8)14(18)10-4-3-9(16)7-13(10)17/h2-7H,1H3. The maximum absolute atomic E-state index is 13.7. The molecule has 0 amide bonds. The fourth-order valence-electron chi connectivity index (χ4n) is 1.63. The molecule has 2 rings (SSSR count). The monoisotopic (exact) mass is 326 g/mol. The van der Waals surface area contributed by atoms with Crippen LogP contribution in [-0.2, 0) is 0 Å². The second kappa shape index (κ2) is 5.21. The number of carbonyl (C=O) groups excluding carboxylic acids is 1. The van der Waals surface area contributed by atoms with Crippen LogP contribution >= 0.6 is 27.5 Å². The van der Waals surface area contributed by atoms with E-state index in [1.54, 1.807) is 12.1 Å². The van der Waals surface area contributed by atoms with Gasteiger partial charge in [0.2, 0.25) is 0 Å². The van der Waals surface area contributed by atoms with Gasteiger partial charge >= 0.3 is 0 Å². The molecule has 0 bridgehead atoms. The van der Waals surface area contributed by atoms with Gasteiger partial charge in [-0.05, 0) is 37.3 Å². The van der Waals surface area contributed by atoms with Crippen molar-refractivity contribution in [2.24, 2.45) is 0 Å². The minimum absolute atomic E-state index is 0.0192. The van der Waals surface area contributed by atoms with Crippen LogP contribution in [-0.4, -0.2) is 5.78 Å². The third-order valence-electron chi connectivity index (χ3n) is 2.54. The molecule has 4 heteroatoms. The Hall–Kier alpha value is -1.19. The number of benzene rings is 2. The van der Waals surface area contributed by atoms with Crippen LogP contribution in [0.5, 0.6) is 0 Å². The first-order chi connectivity index (χ1) is 8.49. The molecule has 0 N–H and O–H groups in total. The normalized spacial score (nSPS) is 10.4. The Labute approximate surface area is 118 Å². The fourth-order valence-corrected chi connectivity index (χ4v) is 2.22. The van der Waals surface area contributed by atoms with Crippen LogP contribution in [0.2, 0.25) is 5.02 Å². The van der Waals surface area contributed by atoms with E-state index >= 15 is 0 Å². The molecule has 0 aliphatic heterocycles. The van der Waals surface area contributed by atoms with E-state index in [0.717, 1.165) is 11.6 Å². The van der Waals surface area contributed by atoms with Gasteiger partial charge in [0.25, 0.3) is 0 Å². The van der Waals surface area contributed by atoms with Crippen molar-refractivity contribution in [3.63, 3.8) is 0 Å². The first-order valence-corrected chi connectivity index (χ1v) is 6.42. The molecule has 0 aromatic heterocycles. The highest BCUT2D eigenvalue weighted by Gasteiger charge is 2.16. The number of rotatable bonds is 2. The van der Waals surface area contributed by atoms with Crippen molar-refractivity contribution in [1.29, 1.82) is 0 Å². The summed E-state index contributed by atoms with van der Waals surface area (Å²) in [5.41, 5.74) is 1.40. The van der Waals surface area contributed by atoms with Crippen molar-refractivity contribution < 1.29 is 9.18 Å². The lowest BCUT2D eigenvalue weighted by atomic mass is 10.0. The number of halogens is 3. The van der Waals surface area contributed by atoms with E-state index in [0.29, 0.717) is 10.0 Å². The molecule has 0 heterocycles. The lowest BCUT2D eigenvalue weighted by Gasteiger charge is -2.06. The summed E-state index contributed by atoms with van der Waals surface area (Å²) in [6.45, 7) is 1.88. The summed E-state index contributed by atoms with van der Waals surface area (Å²) in [6.07, 6.45) is 0. The van der Waals surface area contributed by atoms with Crippen LogP contribution < -0.4 is 0 Å². The third kappa shape index (κ3) is 2.62. The molecule has 0 saturated carbocycles. The highest BCUT2D eigenvalue weighted by Crippen LogP contribution is 2.24. The van der Waals surface area contributed by atoms with E-state index in [9.17, 15) is 9.18 Å². The Kier molecular flexibility index (Phi) is 3.83. The van der Waals surface area contributed by atoms with Crippen molar-refractivity contribution in [1.82, 2.24) is 0 Å². The fraction of sp³-hybridized carbons (Fsp3) is 0.0714. The first kappa shape index (κ1) is 13.2. The Morgan fingerprint density at radius 2 is 1.89 bits per heavy atom. The van der Waals surface area contributed by atoms with Crippen molar-refractivity contribution >= 4 is 33.3 Å². The van der Waals surface area contributed by atoms with Gasteiger partial charge < -0.3 is 0 Å². The number of hydrogen-bond acceptors (Lipinski definition) is 1. The van der Waals surface area contributed by atoms with Gasteiger partial charge in [-0.3, -0.25) is 4.79 Å². The van der Waals surface area contributed by atoms with Crippen LogP contribution in [0.3, 0.4) is 0 Å². The van der Waals surface area contributed by atoms with Crippen LogP contribution in [0.4, 0.5) is 4.39 Å². The summed E-state index contributed by atoms with van der Waals surface area (Å²) in [4.78, 5) is 12.2. The van der Waals surface area contributed by atoms with Crippen molar-refractivity contribution in [3.05, 3.63) is 68.4 Å². The summed E-state index contributed by atoms with van der Waals surface area (Å²) < 4.78 is 14.3. The molecular weight excluding hydrogens is 319 g/mol. The zero-order valence-electron chi connectivity index (χ0n) is 9.51. The average Bonchev–Trinajstić information content (AvgIpc) is 2.31. The third-order valence-corrected chi connectivity index (χ3v) is 3.47. The first-order valence-electron chi connectivity index (χ1n) is 5.25. The second-order valence-electron chi connectivity index (χ2n) is 3.94. The Morgan fingerprint density at radius 1 is 1.17 bits per heavy atom. The summed E-state index contributed by atoms with van der Waals surface area (Å²) in [7, 11) is 0. The predicted molar refractivity (Wildman–Crippen MR) is 73.7 cm³/mol. The van der Waals surface area contributed by atoms with Gasteiger partial charge in [0.1, 0.15) is 5.82 Å². The van der Waals surface area contributed by atoms with Gasteiger partial charge in [-0.25, -0.2) is 4.39 Å². The lowest BCUT2D eigenvalue weighted by Crippen LogP contribution is -2.05. The summed E-state index contributed by atoms with van der Waals surface area (Å²) >= 11 is 8.96. The smallest absolute Gasteiger partial charge is 0.197 e. The maximum atomic E-state index is 13.7. The van der Waals surface area contributed by atoms with Gasteiger partial charge in [0.05, 0.1) is 5.56 Å². The summed E-state index contributed by atoms with van der Waals surface area (Å²) in [5, 5.41) is 0.271. The van der Waals surface area contributed by atoms with E-state index in [-0.39, 0.29) is 16.4 Å². The highest BCUT2D eigenvalue weighted by molar-refractivity contribution is 9.10. The molecule has 0 fully saturated rings. The molecule has 2 aromatic carbocycles. The van der Waals surface area contributed by atoms with Gasteiger partial charge in [-0.2, -0.15) is 0 Å². The molecule has 0 aliphatic carbocycles. The van der Waals surface area contributed by atoms with Crippen molar-refractivity contribution in [2.75, 3.05) is 0 Å². The summed E-state index contributed by atoms with van der Waals surface area (Å²) in [5.74, 6) is -0.972. The van der Waals surface area contributed by atoms with E-state index in [1.165, 1.54) is 12.1 Å². The minimum Gasteiger partial charge on any atom is -0.288 e. The number of hydrogen-bond donors (Lipinski definition) is 0. The zero-order valence-corrected chi connectivity index (χ0v) is 11.8. The number of carbonyl (C=O) groups is 1. The molecule has 0 aliphatic rings. The SMILES string of the molecule is Cc1ccc(Br)c(C(=O)c2ccc(Cl)cc2F)c1. The number of ketones is 1. The molecule has 0 radical (unpaired) electrons. The van der Waals surface area contributed by atoms with Gasteiger partial charge in [0, 0.05) is 15.1 Å². The molecule has 2 aromatic rings. The summed E-state index contributed by atoms with van der Waals surface area (Å²) in [6, 6.07) is 9.41. The molecular formula is C14H9BrClFO. The molecule has 0 saturated heterocycles. The average molecular weight is 328 g/mol. The van der Waals surface area contributed by atoms with Crippen LogP contribution in [0.1, 0.15) is 21.5 Å². The zero-order chi connectivity index (χ0) is 13.3. The molecule has 0 unspecified atom stereocenters. The number of aryl methyl sites for hydroxylation is 1. The van der Waals surface area contributed by atoms with E-state index < -0.39 is 5.82 Å². The van der Waals surface area contributed by atoms with E-state index in [2.05, 4.69) is 15.9 Å². The Bertz CT molecular complexity index is 625. The van der Waals surface area contributed by atoms with Gasteiger partial charge in [-0.1, -0.05) is 39.2 Å². The van der Waals surface area contributed by atoms with Crippen LogP contribution in [0.25, 0.3) is 0 Å². The van der Waals surface area contributed by atoms with Gasteiger partial charge in [-0.15, -0.1) is 0 Å². The molecule has 18 heavy (non-hydrogen) atoms. The largest absolute Gasteiger partial charge is 0.288 e. The quantitative estimate of drug-likeness (QED) is 0.725. The van der Waals surface area contributed by atoms with Crippen molar-refractivity contribution in [2.45, 2.75) is 6.92 Å². The van der Waals surface area contributed by atoms with Crippen LogP contribution in [0.15, 0.2) is 40.9 Å². The second-order valence-corrected chi connectivity index (χ2v) is 5.23. The van der Waals surface area contributed by atoms with Gasteiger partial charge in [0.15, 0.2) is 5.78 Å². The lowest BCUT2D eigenvalue weighted by molar-refractivity contribution is 0.103. The van der Waals surface area contributed by atoms with Crippen LogP contribution in [0, 0.1) is 12.7 Å². The Balaban J connectivity index is 2.51. The molecule has 0 atom stereocenters. The topological polar surface area (TPSA) is 17.1 Å². The van der Waals surface area contributed by atoms with E-state index in [1.807, 2.05) is 13.0 Å². The molecule has 92 valence electrons.